The van der Waals surface area contributed by atoms with Gasteiger partial charge >= 0.3 is 11.9 Å². The molecule has 0 aliphatic heterocycles. The smallest absolute Gasteiger partial charge is 0.335 e. The summed E-state index contributed by atoms with van der Waals surface area (Å²) in [5, 5.41) is 16.9. The summed E-state index contributed by atoms with van der Waals surface area (Å²) in [4.78, 5) is 20.7. The highest BCUT2D eigenvalue weighted by atomic mass is 16.4. The summed E-state index contributed by atoms with van der Waals surface area (Å²) in [6.45, 7) is 24.0. The molecule has 4 heteroatoms. The van der Waals surface area contributed by atoms with E-state index in [1.54, 1.807) is 0 Å². The summed E-state index contributed by atoms with van der Waals surface area (Å²) in [5.41, 5.74) is 0.167. The van der Waals surface area contributed by atoms with E-state index in [9.17, 15) is 9.59 Å². The quantitative estimate of drug-likeness (QED) is 0.791. The van der Waals surface area contributed by atoms with Gasteiger partial charge < -0.3 is 10.2 Å². The number of hydrogen-bond acceptors (Lipinski definition) is 2. The molecule has 2 N–H and O–H groups in total. The van der Waals surface area contributed by atoms with Crippen LogP contribution in [0.4, 0.5) is 0 Å². The molecule has 0 aliphatic carbocycles. The highest BCUT2D eigenvalue weighted by Gasteiger charge is 2.04. The van der Waals surface area contributed by atoms with Crippen molar-refractivity contribution in [3.63, 3.8) is 0 Å². The molecule has 1 aromatic carbocycles. The van der Waals surface area contributed by atoms with Gasteiger partial charge in [0.1, 0.15) is 0 Å². The van der Waals surface area contributed by atoms with E-state index in [4.69, 9.17) is 10.2 Å². The normalized spacial score (nSPS) is 6.40. The Morgan fingerprint density at radius 2 is 0.750 bits per heavy atom. The molecule has 0 saturated heterocycles. The standard InChI is InChI=1S/C8H6O4.4C2H4/c9-7(10)5-1-2-6(4-3-5)8(11)12;4*1-2/h1-4H,(H,9,10)(H,11,12);4*1-2H2. The molecule has 0 atom stereocenters. The SMILES string of the molecule is C=C.C=C.C=C.C=C.O=C(O)c1ccc(C(=O)O)cc1. The van der Waals surface area contributed by atoms with Gasteiger partial charge in [-0.05, 0) is 24.3 Å². The van der Waals surface area contributed by atoms with Crippen LogP contribution in [0, 0.1) is 0 Å². The fourth-order valence-corrected chi connectivity index (χ4v) is 0.755. The van der Waals surface area contributed by atoms with Gasteiger partial charge in [-0.15, -0.1) is 52.6 Å². The van der Waals surface area contributed by atoms with Gasteiger partial charge in [0.25, 0.3) is 0 Å². The Hall–Kier alpha value is -2.88. The van der Waals surface area contributed by atoms with Gasteiger partial charge in [0.05, 0.1) is 11.1 Å². The van der Waals surface area contributed by atoms with E-state index in [1.807, 2.05) is 0 Å². The topological polar surface area (TPSA) is 74.6 Å². The zero-order chi connectivity index (χ0) is 17.1. The maximum absolute atomic E-state index is 10.3. The minimum absolute atomic E-state index is 0.0833. The molecule has 0 saturated carbocycles. The van der Waals surface area contributed by atoms with Crippen LogP contribution >= 0.6 is 0 Å². The van der Waals surface area contributed by atoms with E-state index in [2.05, 4.69) is 52.6 Å². The molecule has 0 radical (unpaired) electrons. The fraction of sp³-hybridized carbons (Fsp3) is 0. The molecule has 4 nitrogen and oxygen atoms in total. The first-order valence-electron chi connectivity index (χ1n) is 5.18. The zero-order valence-electron chi connectivity index (χ0n) is 11.7. The second-order valence-corrected chi connectivity index (χ2v) is 2.19. The Labute approximate surface area is 120 Å². The number of benzene rings is 1. The molecule has 0 heterocycles. The number of carboxylic acid groups (broad SMARTS) is 2. The molecular formula is C16H22O4. The Morgan fingerprint density at radius 3 is 0.850 bits per heavy atom. The monoisotopic (exact) mass is 278 g/mol. The molecule has 20 heavy (non-hydrogen) atoms. The van der Waals surface area contributed by atoms with Gasteiger partial charge in [-0.2, -0.15) is 0 Å². The fourth-order valence-electron chi connectivity index (χ4n) is 0.755. The van der Waals surface area contributed by atoms with Crippen LogP contribution in [0.2, 0.25) is 0 Å². The lowest BCUT2D eigenvalue weighted by Crippen LogP contribution is -1.99. The maximum atomic E-state index is 10.3. The van der Waals surface area contributed by atoms with Crippen molar-refractivity contribution < 1.29 is 19.8 Å². The van der Waals surface area contributed by atoms with E-state index in [0.29, 0.717) is 0 Å². The molecule has 1 aromatic rings. The number of carboxylic acids is 2. The van der Waals surface area contributed by atoms with Crippen molar-refractivity contribution in [1.82, 2.24) is 0 Å². The van der Waals surface area contributed by atoms with Crippen molar-refractivity contribution in [2.75, 3.05) is 0 Å². The third-order valence-electron chi connectivity index (χ3n) is 1.38. The van der Waals surface area contributed by atoms with Gasteiger partial charge in [0.2, 0.25) is 0 Å². The van der Waals surface area contributed by atoms with Crippen molar-refractivity contribution in [1.29, 1.82) is 0 Å². The van der Waals surface area contributed by atoms with Gasteiger partial charge in [-0.1, -0.05) is 0 Å². The average molecular weight is 278 g/mol. The molecular weight excluding hydrogens is 256 g/mol. The van der Waals surface area contributed by atoms with Crippen molar-refractivity contribution in [3.8, 4) is 0 Å². The summed E-state index contributed by atoms with van der Waals surface area (Å²) in [6, 6.07) is 5.02. The first-order valence-corrected chi connectivity index (χ1v) is 5.18. The van der Waals surface area contributed by atoms with Crippen LogP contribution in [0.3, 0.4) is 0 Å². The average Bonchev–Trinajstić information content (AvgIpc) is 2.55. The zero-order valence-corrected chi connectivity index (χ0v) is 11.7. The minimum atomic E-state index is -1.06. The van der Waals surface area contributed by atoms with E-state index < -0.39 is 11.9 Å². The summed E-state index contributed by atoms with van der Waals surface area (Å²) < 4.78 is 0. The predicted molar refractivity (Wildman–Crippen MR) is 85.4 cm³/mol. The van der Waals surface area contributed by atoms with Crippen LogP contribution in [0.5, 0.6) is 0 Å². The number of aromatic carboxylic acids is 2. The largest absolute Gasteiger partial charge is 0.478 e. The van der Waals surface area contributed by atoms with Gasteiger partial charge in [-0.3, -0.25) is 0 Å². The van der Waals surface area contributed by atoms with E-state index in [1.165, 1.54) is 24.3 Å². The lowest BCUT2D eigenvalue weighted by molar-refractivity contribution is 0.0681. The van der Waals surface area contributed by atoms with Crippen LogP contribution in [0.1, 0.15) is 20.7 Å². The molecule has 1 rings (SSSR count). The predicted octanol–water partition coefficient (Wildman–Crippen LogP) is 4.29. The lowest BCUT2D eigenvalue weighted by atomic mass is 10.1. The molecule has 0 aliphatic rings. The number of carbonyl (C=O) groups is 2. The second kappa shape index (κ2) is 21.4. The van der Waals surface area contributed by atoms with Crippen LogP contribution in [0.25, 0.3) is 0 Å². The summed E-state index contributed by atoms with van der Waals surface area (Å²) in [5.74, 6) is -2.13. The van der Waals surface area contributed by atoms with Crippen LogP contribution in [0.15, 0.2) is 76.9 Å². The Balaban J connectivity index is -0.000000138. The third kappa shape index (κ3) is 13.2. The summed E-state index contributed by atoms with van der Waals surface area (Å²) in [6.07, 6.45) is 0. The van der Waals surface area contributed by atoms with Crippen molar-refractivity contribution in [2.24, 2.45) is 0 Å². The minimum Gasteiger partial charge on any atom is -0.478 e. The molecule has 0 amide bonds. The lowest BCUT2D eigenvalue weighted by Gasteiger charge is -1.94. The van der Waals surface area contributed by atoms with Gasteiger partial charge in [0, 0.05) is 0 Å². The van der Waals surface area contributed by atoms with Gasteiger partial charge in [-0.25, -0.2) is 9.59 Å². The summed E-state index contributed by atoms with van der Waals surface area (Å²) in [7, 11) is 0. The number of rotatable bonds is 2. The van der Waals surface area contributed by atoms with Gasteiger partial charge in [0.15, 0.2) is 0 Å². The third-order valence-corrected chi connectivity index (χ3v) is 1.38. The molecule has 0 aromatic heterocycles. The molecule has 0 bridgehead atoms. The molecule has 0 fully saturated rings. The number of hydrogen-bond donors (Lipinski definition) is 2. The van der Waals surface area contributed by atoms with Crippen molar-refractivity contribution in [2.45, 2.75) is 0 Å². The van der Waals surface area contributed by atoms with E-state index in [0.717, 1.165) is 0 Å². The van der Waals surface area contributed by atoms with Crippen LogP contribution < -0.4 is 0 Å². The Bertz CT molecular complexity index is 328. The first kappa shape index (κ1) is 25.8. The highest BCUT2D eigenvalue weighted by molar-refractivity contribution is 5.91. The van der Waals surface area contributed by atoms with Crippen molar-refractivity contribution in [3.05, 3.63) is 88.0 Å². The van der Waals surface area contributed by atoms with E-state index in [-0.39, 0.29) is 11.1 Å². The van der Waals surface area contributed by atoms with E-state index >= 15 is 0 Å². The Kier molecular flexibility index (Phi) is 27.7. The first-order chi connectivity index (χ1) is 9.61. The second-order valence-electron chi connectivity index (χ2n) is 2.19. The summed E-state index contributed by atoms with van der Waals surface area (Å²) >= 11 is 0. The maximum Gasteiger partial charge on any atom is 0.335 e. The van der Waals surface area contributed by atoms with Crippen molar-refractivity contribution >= 4 is 11.9 Å². The van der Waals surface area contributed by atoms with Crippen LogP contribution in [-0.2, 0) is 0 Å². The Morgan fingerprint density at radius 1 is 0.600 bits per heavy atom. The highest BCUT2D eigenvalue weighted by Crippen LogP contribution is 2.03. The van der Waals surface area contributed by atoms with Crippen LogP contribution in [-0.4, -0.2) is 22.2 Å². The molecule has 110 valence electrons. The molecule has 0 spiro atoms. The molecule has 0 unspecified atom stereocenters.